The molecule has 0 saturated carbocycles. The fourth-order valence-corrected chi connectivity index (χ4v) is 5.78. The number of ketones is 1. The number of hydrogen-bond acceptors (Lipinski definition) is 10. The number of unbranched alkanes of at least 4 members (excludes halogenated alkanes) is 1. The number of rotatable bonds is 22. The second-order valence-corrected chi connectivity index (χ2v) is 15.8. The van der Waals surface area contributed by atoms with Gasteiger partial charge in [0, 0.05) is 12.5 Å². The highest BCUT2D eigenvalue weighted by molar-refractivity contribution is 6.32. The van der Waals surface area contributed by atoms with Gasteiger partial charge in [0.1, 0.15) is 41.7 Å². The van der Waals surface area contributed by atoms with Crippen molar-refractivity contribution in [1.82, 2.24) is 31.7 Å². The van der Waals surface area contributed by atoms with Crippen LogP contribution in [0.1, 0.15) is 82.1 Å². The first-order chi connectivity index (χ1) is 25.7. The fourth-order valence-electron chi connectivity index (χ4n) is 5.57. The molecule has 5 amide bonds. The average Bonchev–Trinajstić information content (AvgIpc) is 3.55. The number of hydrogen-bond donors (Lipinski definition) is 7. The van der Waals surface area contributed by atoms with E-state index in [9.17, 15) is 39.0 Å². The minimum absolute atomic E-state index is 0.0415. The van der Waals surface area contributed by atoms with E-state index in [1.165, 1.54) is 31.2 Å². The number of aliphatic hydroxyl groups is 1. The highest BCUT2D eigenvalue weighted by Crippen LogP contribution is 2.24. The van der Waals surface area contributed by atoms with Gasteiger partial charge in [0.15, 0.2) is 11.5 Å². The number of nitrogens with one attached hydrogen (secondary N) is 5. The van der Waals surface area contributed by atoms with E-state index in [1.54, 1.807) is 27.7 Å². The van der Waals surface area contributed by atoms with Gasteiger partial charge >= 0.3 is 0 Å². The number of quaternary nitrogens is 1. The van der Waals surface area contributed by atoms with E-state index in [0.29, 0.717) is 28.6 Å². The predicted octanol–water partition coefficient (Wildman–Crippen LogP) is 1.78. The van der Waals surface area contributed by atoms with Gasteiger partial charge in [0.2, 0.25) is 23.6 Å². The van der Waals surface area contributed by atoms with E-state index in [1.807, 2.05) is 28.1 Å². The maximum Gasteiger partial charge on any atom is 0.274 e. The van der Waals surface area contributed by atoms with Crippen molar-refractivity contribution < 1.29 is 48.0 Å². The number of phenolic OH excluding ortho intramolecular Hbond substituents is 1. The van der Waals surface area contributed by atoms with Gasteiger partial charge in [-0.25, -0.2) is 0 Å². The van der Waals surface area contributed by atoms with E-state index < -0.39 is 84.0 Å². The number of amides is 5. The van der Waals surface area contributed by atoms with Gasteiger partial charge < -0.3 is 45.8 Å². The summed E-state index contributed by atoms with van der Waals surface area (Å²) in [6.45, 7) is 10.1. The third-order valence-corrected chi connectivity index (χ3v) is 9.47. The molecular formula is C38H59ClN7O9+. The topological polar surface area (TPSA) is 229 Å². The van der Waals surface area contributed by atoms with Gasteiger partial charge in [0.05, 0.1) is 39.3 Å². The van der Waals surface area contributed by atoms with Crippen molar-refractivity contribution in [2.75, 3.05) is 34.3 Å². The fraction of sp³-hybridized carbons (Fsp3) is 0.605. The Morgan fingerprint density at radius 1 is 0.836 bits per heavy atom. The summed E-state index contributed by atoms with van der Waals surface area (Å²) in [6.07, 6.45) is 1.97. The largest absolute Gasteiger partial charge is 0.506 e. The van der Waals surface area contributed by atoms with Gasteiger partial charge in [-0.15, -0.1) is 0 Å². The van der Waals surface area contributed by atoms with Gasteiger partial charge in [-0.1, -0.05) is 56.9 Å². The summed E-state index contributed by atoms with van der Waals surface area (Å²) in [4.78, 5) is 80.1. The van der Waals surface area contributed by atoms with Crippen LogP contribution in [0.3, 0.4) is 0 Å². The Morgan fingerprint density at radius 2 is 1.44 bits per heavy atom. The Morgan fingerprint density at radius 3 is 1.96 bits per heavy atom. The summed E-state index contributed by atoms with van der Waals surface area (Å²) in [5, 5.41) is 36.7. The molecular weight excluding hydrogens is 734 g/mol. The molecule has 0 spiro atoms. The lowest BCUT2D eigenvalue weighted by molar-refractivity contribution is -0.870. The molecule has 0 aliphatic carbocycles. The molecule has 1 aromatic heterocycles. The lowest BCUT2D eigenvalue weighted by Crippen LogP contribution is -2.61. The summed E-state index contributed by atoms with van der Waals surface area (Å²) < 4.78 is 5.71. The quantitative estimate of drug-likeness (QED) is 0.0676. The highest BCUT2D eigenvalue weighted by Gasteiger charge is 2.35. The van der Waals surface area contributed by atoms with Crippen molar-refractivity contribution in [1.29, 1.82) is 0 Å². The molecule has 17 heteroatoms. The number of carbonyl (C=O) groups excluding carboxylic acids is 6. The first kappa shape index (κ1) is 46.6. The van der Waals surface area contributed by atoms with Crippen LogP contribution in [-0.2, 0) is 30.4 Å². The first-order valence-corrected chi connectivity index (χ1v) is 18.9. The smallest absolute Gasteiger partial charge is 0.274 e. The molecule has 0 aliphatic heterocycles. The number of halogens is 1. The molecule has 0 aliphatic rings. The van der Waals surface area contributed by atoms with Crippen molar-refractivity contribution in [3.8, 4) is 5.75 Å². The van der Waals surface area contributed by atoms with Crippen LogP contribution in [-0.4, -0.2) is 120 Å². The van der Waals surface area contributed by atoms with Crippen molar-refractivity contribution in [2.24, 2.45) is 11.8 Å². The lowest BCUT2D eigenvalue weighted by atomic mass is 9.95. The van der Waals surface area contributed by atoms with Crippen molar-refractivity contribution >= 4 is 46.9 Å². The molecule has 55 heavy (non-hydrogen) atoms. The number of Topliss-reactive ketones (excluding diaryl/α,β-unsaturated/α-hetero) is 1. The van der Waals surface area contributed by atoms with Crippen LogP contribution < -0.4 is 26.6 Å². The molecule has 16 nitrogen and oxygen atoms in total. The van der Waals surface area contributed by atoms with Gasteiger partial charge in [-0.2, -0.15) is 0 Å². The zero-order chi connectivity index (χ0) is 41.6. The number of benzene rings is 1. The highest BCUT2D eigenvalue weighted by atomic mass is 35.5. The van der Waals surface area contributed by atoms with Crippen LogP contribution in [0, 0.1) is 18.8 Å². The Labute approximate surface area is 328 Å². The molecule has 1 aromatic carbocycles. The van der Waals surface area contributed by atoms with Crippen LogP contribution in [0.2, 0.25) is 5.02 Å². The number of aromatic hydroxyl groups is 1. The molecule has 7 N–H and O–H groups in total. The lowest BCUT2D eigenvalue weighted by Gasteiger charge is -2.30. The third-order valence-electron chi connectivity index (χ3n) is 9.17. The van der Waals surface area contributed by atoms with Crippen LogP contribution in [0.15, 0.2) is 28.8 Å². The van der Waals surface area contributed by atoms with E-state index in [2.05, 4.69) is 31.7 Å². The monoisotopic (exact) mass is 792 g/mol. The molecule has 2 aromatic rings. The molecule has 0 saturated heterocycles. The van der Waals surface area contributed by atoms with E-state index in [0.717, 1.165) is 13.0 Å². The third kappa shape index (κ3) is 15.3. The number of nitrogens with zero attached hydrogens (tertiary/aromatic N) is 2. The maximum absolute atomic E-state index is 13.9. The second-order valence-electron chi connectivity index (χ2n) is 15.4. The Kier molecular flexibility index (Phi) is 18.2. The van der Waals surface area contributed by atoms with Gasteiger partial charge in [-0.05, 0) is 62.6 Å². The SMILES string of the molecule is CC[C@H](C)C(NC(=O)[C@@H](NC(=O)[C@H](Cc1ccc(O)c(Cl)c1)NC(=O)c1cc(C)on1)C(C)C)C(=O)N[C@@H](CCCC[N+](C)(C)C)C(=O)N[C@@H](CO)C(C)=O. The summed E-state index contributed by atoms with van der Waals surface area (Å²) in [7, 11) is 6.12. The Hall–Kier alpha value is -4.54. The van der Waals surface area contributed by atoms with Crippen molar-refractivity contribution in [3.05, 3.63) is 46.3 Å². The molecule has 1 unspecified atom stereocenters. The summed E-state index contributed by atoms with van der Waals surface area (Å²) in [5.41, 5.74) is 0.441. The molecule has 6 atom stereocenters. The van der Waals surface area contributed by atoms with E-state index in [4.69, 9.17) is 16.1 Å². The number of aromatic nitrogens is 1. The molecule has 0 fully saturated rings. The molecule has 306 valence electrons. The number of carbonyl (C=O) groups is 6. The minimum Gasteiger partial charge on any atom is -0.506 e. The number of aryl methyl sites for hydroxylation is 1. The van der Waals surface area contributed by atoms with Gasteiger partial charge in [0.25, 0.3) is 5.91 Å². The molecule has 2 rings (SSSR count). The van der Waals surface area contributed by atoms with Crippen LogP contribution in [0.5, 0.6) is 5.75 Å². The van der Waals surface area contributed by atoms with Crippen molar-refractivity contribution in [3.63, 3.8) is 0 Å². The summed E-state index contributed by atoms with van der Waals surface area (Å²) in [5.74, 6) is -4.49. The van der Waals surface area contributed by atoms with Gasteiger partial charge in [-0.3, -0.25) is 28.8 Å². The zero-order valence-electron chi connectivity index (χ0n) is 33.3. The molecule has 0 radical (unpaired) electrons. The Bertz CT molecular complexity index is 1640. The minimum atomic E-state index is -1.23. The molecule has 0 bridgehead atoms. The van der Waals surface area contributed by atoms with E-state index >= 15 is 0 Å². The first-order valence-electron chi connectivity index (χ1n) is 18.5. The normalized spacial score (nSPS) is 14.8. The van der Waals surface area contributed by atoms with Crippen molar-refractivity contribution in [2.45, 2.75) is 104 Å². The second kappa shape index (κ2) is 21.5. The number of phenols is 1. The van der Waals surface area contributed by atoms with Crippen LogP contribution in [0.25, 0.3) is 0 Å². The maximum atomic E-state index is 13.9. The summed E-state index contributed by atoms with van der Waals surface area (Å²) in [6, 6.07) is 0.0182. The van der Waals surface area contributed by atoms with E-state index in [-0.39, 0.29) is 29.3 Å². The van der Waals surface area contributed by atoms with Crippen LogP contribution in [0.4, 0.5) is 0 Å². The summed E-state index contributed by atoms with van der Waals surface area (Å²) >= 11 is 6.11. The zero-order valence-corrected chi connectivity index (χ0v) is 34.1. The standard InChI is InChI=1S/C38H58ClN7O9/c1-10-22(4)33(38(54)40-27(13-11-12-16-46(7,8)9)34(50)42-30(20-47)24(6)48)44-37(53)32(21(2)3)43-35(51)28(19-25-14-15-31(49)26(39)18-25)41-36(52)29-17-23(5)55-45-29/h14-15,17-18,21-22,27-28,30,32-33,47H,10-13,16,19-20H2,1-9H3,(H5-,40,41,42,43,44,49,50,51,52,53,54)/p+1/t22-,27-,28-,30-,32-,33?/m0/s1. The number of aliphatic hydroxyl groups excluding tert-OH is 1. The Balaban J connectivity index is 2.33. The predicted molar refractivity (Wildman–Crippen MR) is 206 cm³/mol. The molecule has 1 heterocycles. The van der Waals surface area contributed by atoms with Crippen LogP contribution >= 0.6 is 11.6 Å². The average molecular weight is 793 g/mol.